The summed E-state index contributed by atoms with van der Waals surface area (Å²) < 4.78 is 0. The Labute approximate surface area is 166 Å². The molecule has 0 bridgehead atoms. The topological polar surface area (TPSA) is 52.7 Å². The summed E-state index contributed by atoms with van der Waals surface area (Å²) >= 11 is 0. The average molecular weight is 377 g/mol. The summed E-state index contributed by atoms with van der Waals surface area (Å²) in [5.41, 5.74) is 3.14. The summed E-state index contributed by atoms with van der Waals surface area (Å²) in [4.78, 5) is 29.7. The molecule has 1 fully saturated rings. The van der Waals surface area contributed by atoms with Crippen molar-refractivity contribution in [1.29, 1.82) is 0 Å². The number of nitrogens with zero attached hydrogens (tertiary/aromatic N) is 2. The number of hydrogen-bond acceptors (Lipinski definition) is 3. The van der Waals surface area contributed by atoms with Crippen molar-refractivity contribution in [3.05, 3.63) is 60.2 Å². The molecule has 2 aliphatic heterocycles. The number of likely N-dealkylation sites (tertiary alicyclic amines) is 1. The maximum absolute atomic E-state index is 13.1. The lowest BCUT2D eigenvalue weighted by molar-refractivity contribution is -0.124. The van der Waals surface area contributed by atoms with E-state index in [0.717, 1.165) is 50.3 Å². The van der Waals surface area contributed by atoms with Crippen molar-refractivity contribution in [3.8, 4) is 0 Å². The first-order valence-corrected chi connectivity index (χ1v) is 10.1. The highest BCUT2D eigenvalue weighted by Gasteiger charge is 2.34. The van der Waals surface area contributed by atoms with Gasteiger partial charge < -0.3 is 10.2 Å². The first-order valence-electron chi connectivity index (χ1n) is 10.1. The van der Waals surface area contributed by atoms with Crippen LogP contribution in [0.15, 0.2) is 54.6 Å². The highest BCUT2D eigenvalue weighted by Crippen LogP contribution is 2.29. The van der Waals surface area contributed by atoms with Gasteiger partial charge in [-0.15, -0.1) is 0 Å². The van der Waals surface area contributed by atoms with Gasteiger partial charge in [-0.05, 0) is 63.0 Å². The van der Waals surface area contributed by atoms with Crippen LogP contribution in [0, 0.1) is 5.92 Å². The van der Waals surface area contributed by atoms with E-state index in [1.807, 2.05) is 60.4 Å². The molecule has 2 aromatic rings. The molecule has 2 heterocycles. The molecule has 0 radical (unpaired) electrons. The smallest absolute Gasteiger partial charge is 0.244 e. The van der Waals surface area contributed by atoms with Crippen molar-refractivity contribution in [3.63, 3.8) is 0 Å². The maximum Gasteiger partial charge on any atom is 0.244 e. The van der Waals surface area contributed by atoms with Crippen LogP contribution in [0.3, 0.4) is 0 Å². The fraction of sp³-hybridized carbons (Fsp3) is 0.391. The van der Waals surface area contributed by atoms with E-state index in [9.17, 15) is 9.59 Å². The molecule has 0 aliphatic carbocycles. The fourth-order valence-corrected chi connectivity index (χ4v) is 4.26. The Balaban J connectivity index is 1.32. The van der Waals surface area contributed by atoms with Crippen LogP contribution in [-0.4, -0.2) is 42.4 Å². The summed E-state index contributed by atoms with van der Waals surface area (Å²) in [5.74, 6) is 0.252. The first-order chi connectivity index (χ1) is 13.6. The molecule has 5 nitrogen and oxygen atoms in total. The molecule has 0 unspecified atom stereocenters. The van der Waals surface area contributed by atoms with Crippen molar-refractivity contribution in [1.82, 2.24) is 4.90 Å². The highest BCUT2D eigenvalue weighted by atomic mass is 16.2. The number of carbonyl (C=O) groups is 2. The predicted molar refractivity (Wildman–Crippen MR) is 111 cm³/mol. The van der Waals surface area contributed by atoms with Crippen LogP contribution in [0.1, 0.15) is 25.3 Å². The number of hydrogen-bond donors (Lipinski definition) is 1. The Hall–Kier alpha value is -2.66. The predicted octanol–water partition coefficient (Wildman–Crippen LogP) is 3.31. The molecular formula is C23H27N3O2. The minimum atomic E-state index is -0.163. The van der Waals surface area contributed by atoms with Crippen LogP contribution in [-0.2, 0) is 16.0 Å². The van der Waals surface area contributed by atoms with E-state index in [1.54, 1.807) is 0 Å². The summed E-state index contributed by atoms with van der Waals surface area (Å²) in [5, 5.41) is 3.00. The number of para-hydroxylation sites is 2. The lowest BCUT2D eigenvalue weighted by atomic mass is 9.94. The third kappa shape index (κ3) is 3.80. The van der Waals surface area contributed by atoms with E-state index < -0.39 is 0 Å². The average Bonchev–Trinajstić information content (AvgIpc) is 3.17. The van der Waals surface area contributed by atoms with Crippen LogP contribution in [0.25, 0.3) is 0 Å². The highest BCUT2D eigenvalue weighted by molar-refractivity contribution is 5.98. The zero-order chi connectivity index (χ0) is 19.5. The van der Waals surface area contributed by atoms with Crippen LogP contribution in [0.5, 0.6) is 0 Å². The molecule has 5 heteroatoms. The number of carbonyl (C=O) groups excluding carboxylic acids is 2. The van der Waals surface area contributed by atoms with Gasteiger partial charge in [0.15, 0.2) is 0 Å². The van der Waals surface area contributed by atoms with Crippen molar-refractivity contribution in [2.24, 2.45) is 5.92 Å². The number of amides is 2. The lowest BCUT2D eigenvalue weighted by Gasteiger charge is -2.36. The SMILES string of the molecule is C[C@H](C(=O)N1CCc2ccccc21)N1CCC(C(=O)Nc2ccccc2)CC1. The summed E-state index contributed by atoms with van der Waals surface area (Å²) in [6.45, 7) is 4.30. The molecule has 2 aromatic carbocycles. The van der Waals surface area contributed by atoms with E-state index in [-0.39, 0.29) is 23.8 Å². The third-order valence-electron chi connectivity index (χ3n) is 6.00. The van der Waals surface area contributed by atoms with Gasteiger partial charge >= 0.3 is 0 Å². The molecule has 4 rings (SSSR count). The normalized spacial score (nSPS) is 18.5. The van der Waals surface area contributed by atoms with Crippen LogP contribution in [0.4, 0.5) is 11.4 Å². The number of benzene rings is 2. The monoisotopic (exact) mass is 377 g/mol. The molecule has 0 spiro atoms. The van der Waals surface area contributed by atoms with Gasteiger partial charge in [0.05, 0.1) is 6.04 Å². The van der Waals surface area contributed by atoms with Crippen molar-refractivity contribution >= 4 is 23.2 Å². The quantitative estimate of drug-likeness (QED) is 0.889. The molecule has 2 amide bonds. The minimum absolute atomic E-state index is 0.00581. The molecule has 1 N–H and O–H groups in total. The Morgan fingerprint density at radius 2 is 1.64 bits per heavy atom. The molecule has 28 heavy (non-hydrogen) atoms. The standard InChI is InChI=1S/C23H27N3O2/c1-17(23(28)26-16-13-18-7-5-6-10-21(18)26)25-14-11-19(12-15-25)22(27)24-20-8-3-2-4-9-20/h2-10,17,19H,11-16H2,1H3,(H,24,27)/t17-/m1/s1. The molecule has 146 valence electrons. The molecule has 1 atom stereocenters. The minimum Gasteiger partial charge on any atom is -0.326 e. The third-order valence-corrected chi connectivity index (χ3v) is 6.00. The Kier molecular flexibility index (Phi) is 5.44. The number of piperidine rings is 1. The van der Waals surface area contributed by atoms with E-state index in [0.29, 0.717) is 0 Å². The van der Waals surface area contributed by atoms with Gasteiger partial charge in [-0.3, -0.25) is 14.5 Å². The van der Waals surface area contributed by atoms with E-state index in [2.05, 4.69) is 16.3 Å². The van der Waals surface area contributed by atoms with Crippen LogP contribution in [0.2, 0.25) is 0 Å². The van der Waals surface area contributed by atoms with Crippen molar-refractivity contribution < 1.29 is 9.59 Å². The number of fused-ring (bicyclic) bond motifs is 1. The van der Waals surface area contributed by atoms with E-state index >= 15 is 0 Å². The van der Waals surface area contributed by atoms with Crippen molar-refractivity contribution in [2.45, 2.75) is 32.2 Å². The molecule has 2 aliphatic rings. The van der Waals surface area contributed by atoms with Gasteiger partial charge in [-0.25, -0.2) is 0 Å². The fourth-order valence-electron chi connectivity index (χ4n) is 4.26. The second kappa shape index (κ2) is 8.15. The summed E-state index contributed by atoms with van der Waals surface area (Å²) in [6.07, 6.45) is 2.50. The van der Waals surface area contributed by atoms with Crippen molar-refractivity contribution in [2.75, 3.05) is 29.9 Å². The summed E-state index contributed by atoms with van der Waals surface area (Å²) in [7, 11) is 0. The number of rotatable bonds is 4. The number of anilines is 2. The van der Waals surface area contributed by atoms with Gasteiger partial charge in [0.25, 0.3) is 0 Å². The van der Waals surface area contributed by atoms with Crippen LogP contribution < -0.4 is 10.2 Å². The second-order valence-corrected chi connectivity index (χ2v) is 7.71. The zero-order valence-corrected chi connectivity index (χ0v) is 16.3. The second-order valence-electron chi connectivity index (χ2n) is 7.71. The first kappa shape index (κ1) is 18.7. The van der Waals surface area contributed by atoms with Gasteiger partial charge in [0.2, 0.25) is 11.8 Å². The Morgan fingerprint density at radius 3 is 2.39 bits per heavy atom. The Morgan fingerprint density at radius 1 is 0.964 bits per heavy atom. The van der Waals surface area contributed by atoms with Gasteiger partial charge in [-0.2, -0.15) is 0 Å². The molecule has 0 aromatic heterocycles. The molecule has 0 saturated carbocycles. The van der Waals surface area contributed by atoms with E-state index in [4.69, 9.17) is 0 Å². The number of nitrogens with one attached hydrogen (secondary N) is 1. The van der Waals surface area contributed by atoms with Gasteiger partial charge in [0.1, 0.15) is 0 Å². The van der Waals surface area contributed by atoms with Gasteiger partial charge in [0, 0.05) is 23.8 Å². The molecule has 1 saturated heterocycles. The van der Waals surface area contributed by atoms with Crippen LogP contribution >= 0.6 is 0 Å². The lowest BCUT2D eigenvalue weighted by Crippen LogP contribution is -2.50. The Bertz CT molecular complexity index is 844. The molecular weight excluding hydrogens is 350 g/mol. The summed E-state index contributed by atoms with van der Waals surface area (Å²) in [6, 6.07) is 17.6. The van der Waals surface area contributed by atoms with E-state index in [1.165, 1.54) is 5.56 Å². The van der Waals surface area contributed by atoms with Gasteiger partial charge in [-0.1, -0.05) is 36.4 Å². The zero-order valence-electron chi connectivity index (χ0n) is 16.3. The maximum atomic E-state index is 13.1. The largest absolute Gasteiger partial charge is 0.326 e.